The minimum atomic E-state index is 0.215. The number of nitrogens with zero attached hydrogens (tertiary/aromatic N) is 6. The molecule has 168 valence electrons. The van der Waals surface area contributed by atoms with E-state index in [9.17, 15) is 4.79 Å². The monoisotopic (exact) mass is 443 g/mol. The Hall–Kier alpha value is -4.01. The average Bonchev–Trinajstić information content (AvgIpc) is 3.47. The first kappa shape index (κ1) is 20.9. The van der Waals surface area contributed by atoms with Crippen molar-refractivity contribution in [3.63, 3.8) is 0 Å². The molecule has 33 heavy (non-hydrogen) atoms. The quantitative estimate of drug-likeness (QED) is 0.447. The molecule has 1 aromatic carbocycles. The highest BCUT2D eigenvalue weighted by Crippen LogP contribution is 2.26. The van der Waals surface area contributed by atoms with Gasteiger partial charge in [-0.15, -0.1) is 0 Å². The summed E-state index contributed by atoms with van der Waals surface area (Å²) in [5, 5.41) is 3.40. The van der Waals surface area contributed by atoms with Gasteiger partial charge in [-0.2, -0.15) is 0 Å². The number of ether oxygens (including phenoxy) is 1. The van der Waals surface area contributed by atoms with Crippen molar-refractivity contribution in [1.82, 2.24) is 29.4 Å². The van der Waals surface area contributed by atoms with Crippen LogP contribution in [-0.4, -0.2) is 55.5 Å². The number of rotatable bonds is 8. The lowest BCUT2D eigenvalue weighted by molar-refractivity contribution is -0.127. The normalized spacial score (nSPS) is 13.6. The first-order chi connectivity index (χ1) is 16.2. The Bertz CT molecular complexity index is 1260. The van der Waals surface area contributed by atoms with Crippen molar-refractivity contribution in [2.24, 2.45) is 0 Å². The smallest absolute Gasteiger partial charge is 0.222 e. The van der Waals surface area contributed by atoms with Gasteiger partial charge in [0.15, 0.2) is 17.3 Å². The second-order valence-corrected chi connectivity index (χ2v) is 7.93. The molecule has 1 aliphatic rings. The molecule has 5 rings (SSSR count). The lowest BCUT2D eigenvalue weighted by atomic mass is 10.2. The second kappa shape index (κ2) is 9.23. The van der Waals surface area contributed by atoms with Crippen molar-refractivity contribution in [2.75, 3.05) is 25.5 Å². The summed E-state index contributed by atoms with van der Waals surface area (Å²) in [6, 6.07) is 11.6. The molecule has 1 N–H and O–H groups in total. The minimum absolute atomic E-state index is 0.215. The number of hydrogen-bond acceptors (Lipinski definition) is 7. The predicted octanol–water partition coefficient (Wildman–Crippen LogP) is 3.13. The van der Waals surface area contributed by atoms with Crippen LogP contribution < -0.4 is 10.1 Å². The fourth-order valence-corrected chi connectivity index (χ4v) is 3.96. The highest BCUT2D eigenvalue weighted by atomic mass is 16.5. The van der Waals surface area contributed by atoms with Crippen molar-refractivity contribution in [3.05, 3.63) is 60.7 Å². The number of likely N-dealkylation sites (tertiary alicyclic amines) is 1. The van der Waals surface area contributed by atoms with Crippen molar-refractivity contribution in [1.29, 1.82) is 0 Å². The van der Waals surface area contributed by atoms with Gasteiger partial charge < -0.3 is 19.5 Å². The number of benzene rings is 1. The summed E-state index contributed by atoms with van der Waals surface area (Å²) in [5.74, 6) is 2.24. The average molecular weight is 444 g/mol. The van der Waals surface area contributed by atoms with Gasteiger partial charge in [0.2, 0.25) is 5.91 Å². The molecule has 4 heterocycles. The third-order valence-electron chi connectivity index (χ3n) is 5.78. The van der Waals surface area contributed by atoms with Crippen molar-refractivity contribution in [3.8, 4) is 17.1 Å². The second-order valence-electron chi connectivity index (χ2n) is 7.93. The van der Waals surface area contributed by atoms with Gasteiger partial charge in [0, 0.05) is 50.6 Å². The third-order valence-corrected chi connectivity index (χ3v) is 5.78. The van der Waals surface area contributed by atoms with Crippen LogP contribution in [0.1, 0.15) is 18.4 Å². The molecule has 4 aromatic rings. The third kappa shape index (κ3) is 4.48. The molecule has 1 aliphatic heterocycles. The maximum Gasteiger partial charge on any atom is 0.222 e. The van der Waals surface area contributed by atoms with Crippen LogP contribution in [-0.2, 0) is 17.9 Å². The van der Waals surface area contributed by atoms with Crippen LogP contribution in [0.5, 0.6) is 5.75 Å². The summed E-state index contributed by atoms with van der Waals surface area (Å²) in [6.45, 7) is 2.65. The molecule has 0 radical (unpaired) electrons. The Kier molecular flexibility index (Phi) is 5.84. The molecule has 9 nitrogen and oxygen atoms in total. The molecule has 0 spiro atoms. The van der Waals surface area contributed by atoms with Gasteiger partial charge >= 0.3 is 0 Å². The van der Waals surface area contributed by atoms with Crippen molar-refractivity contribution in [2.45, 2.75) is 25.9 Å². The van der Waals surface area contributed by atoms with E-state index in [0.29, 0.717) is 43.2 Å². The standard InChI is InChI=1S/C24H25N7O2/c1-33-19-8-6-18(7-9-19)22-28-23(26-15-17-4-2-10-25-14-17)21-24(29-22)31(16-27-21)13-12-30-11-3-5-20(30)32/h2,4,6-10,14,16H,3,5,11-13,15H2,1H3,(H,26,28,29). The maximum atomic E-state index is 12.0. The molecule has 0 unspecified atom stereocenters. The topological polar surface area (TPSA) is 98.1 Å². The van der Waals surface area contributed by atoms with E-state index in [-0.39, 0.29) is 5.91 Å². The number of amides is 1. The van der Waals surface area contributed by atoms with E-state index in [1.54, 1.807) is 19.6 Å². The predicted molar refractivity (Wildman–Crippen MR) is 125 cm³/mol. The zero-order valence-corrected chi connectivity index (χ0v) is 18.4. The van der Waals surface area contributed by atoms with E-state index in [0.717, 1.165) is 35.5 Å². The van der Waals surface area contributed by atoms with Gasteiger partial charge in [-0.05, 0) is 42.3 Å². The summed E-state index contributed by atoms with van der Waals surface area (Å²) in [4.78, 5) is 32.3. The lowest BCUT2D eigenvalue weighted by Gasteiger charge is -2.16. The van der Waals surface area contributed by atoms with Gasteiger partial charge in [0.1, 0.15) is 11.3 Å². The summed E-state index contributed by atoms with van der Waals surface area (Å²) in [5.41, 5.74) is 3.35. The van der Waals surface area contributed by atoms with Gasteiger partial charge in [-0.1, -0.05) is 6.07 Å². The molecule has 0 aliphatic carbocycles. The van der Waals surface area contributed by atoms with Crippen LogP contribution in [0.3, 0.4) is 0 Å². The Labute approximate surface area is 191 Å². The summed E-state index contributed by atoms with van der Waals surface area (Å²) < 4.78 is 7.27. The first-order valence-electron chi connectivity index (χ1n) is 11.0. The molecule has 1 saturated heterocycles. The maximum absolute atomic E-state index is 12.0. The van der Waals surface area contributed by atoms with Crippen LogP contribution in [0.15, 0.2) is 55.1 Å². The van der Waals surface area contributed by atoms with Gasteiger partial charge in [0.25, 0.3) is 0 Å². The number of carbonyl (C=O) groups is 1. The van der Waals surface area contributed by atoms with Gasteiger partial charge in [-0.25, -0.2) is 15.0 Å². The molecular formula is C24H25N7O2. The van der Waals surface area contributed by atoms with Gasteiger partial charge in [0.05, 0.1) is 13.4 Å². The number of hydrogen-bond donors (Lipinski definition) is 1. The van der Waals surface area contributed by atoms with Crippen LogP contribution in [0.2, 0.25) is 0 Å². The zero-order valence-electron chi connectivity index (χ0n) is 18.4. The summed E-state index contributed by atoms with van der Waals surface area (Å²) in [7, 11) is 1.64. The molecular weight excluding hydrogens is 418 g/mol. The number of aromatic nitrogens is 5. The van der Waals surface area contributed by atoms with E-state index < -0.39 is 0 Å². The highest BCUT2D eigenvalue weighted by molar-refractivity contribution is 5.85. The Morgan fingerprint density at radius 2 is 2.00 bits per heavy atom. The number of imidazole rings is 1. The van der Waals surface area contributed by atoms with E-state index in [1.807, 2.05) is 52.1 Å². The summed E-state index contributed by atoms with van der Waals surface area (Å²) in [6.07, 6.45) is 6.90. The SMILES string of the molecule is COc1ccc(-c2nc(NCc3cccnc3)c3ncn(CCN4CCCC4=O)c3n2)cc1. The zero-order chi connectivity index (χ0) is 22.6. The number of methoxy groups -OCH3 is 1. The molecule has 9 heteroatoms. The lowest BCUT2D eigenvalue weighted by Crippen LogP contribution is -2.28. The first-order valence-corrected chi connectivity index (χ1v) is 11.0. The number of nitrogens with one attached hydrogen (secondary N) is 1. The Morgan fingerprint density at radius 3 is 2.73 bits per heavy atom. The fourth-order valence-electron chi connectivity index (χ4n) is 3.96. The molecule has 0 bridgehead atoms. The molecule has 0 saturated carbocycles. The Morgan fingerprint density at radius 1 is 1.12 bits per heavy atom. The Balaban J connectivity index is 1.49. The summed E-state index contributed by atoms with van der Waals surface area (Å²) >= 11 is 0. The molecule has 3 aromatic heterocycles. The van der Waals surface area contributed by atoms with Crippen LogP contribution in [0.4, 0.5) is 5.82 Å². The largest absolute Gasteiger partial charge is 0.497 e. The minimum Gasteiger partial charge on any atom is -0.497 e. The van der Waals surface area contributed by atoms with Crippen LogP contribution >= 0.6 is 0 Å². The van der Waals surface area contributed by atoms with E-state index >= 15 is 0 Å². The molecule has 0 atom stereocenters. The van der Waals surface area contributed by atoms with E-state index in [2.05, 4.69) is 15.3 Å². The van der Waals surface area contributed by atoms with Crippen molar-refractivity contribution >= 4 is 22.9 Å². The van der Waals surface area contributed by atoms with Crippen molar-refractivity contribution < 1.29 is 9.53 Å². The van der Waals surface area contributed by atoms with E-state index in [4.69, 9.17) is 14.7 Å². The number of pyridine rings is 1. The number of carbonyl (C=O) groups excluding carboxylic acids is 1. The van der Waals surface area contributed by atoms with E-state index in [1.165, 1.54) is 0 Å². The number of fused-ring (bicyclic) bond motifs is 1. The fraction of sp³-hybridized carbons (Fsp3) is 0.292. The van der Waals surface area contributed by atoms with Crippen LogP contribution in [0, 0.1) is 0 Å². The molecule has 1 fully saturated rings. The highest BCUT2D eigenvalue weighted by Gasteiger charge is 2.21. The van der Waals surface area contributed by atoms with Gasteiger partial charge in [-0.3, -0.25) is 9.78 Å². The number of anilines is 1. The molecule has 1 amide bonds. The van der Waals surface area contributed by atoms with Crippen LogP contribution in [0.25, 0.3) is 22.6 Å².